The molecule has 0 radical (unpaired) electrons. The maximum atomic E-state index is 13.8. The first-order chi connectivity index (χ1) is 13.2. The average molecular weight is 412 g/mol. The van der Waals surface area contributed by atoms with Gasteiger partial charge >= 0.3 is 12.2 Å². The number of amides is 4. The zero-order valence-electron chi connectivity index (χ0n) is 14.1. The maximum Gasteiger partial charge on any atom is 0.440 e. The van der Waals surface area contributed by atoms with Gasteiger partial charge < -0.3 is 5.32 Å². The summed E-state index contributed by atoms with van der Waals surface area (Å²) in [6, 6.07) is 12.1. The Hall–Kier alpha value is -3.07. The molecule has 1 aliphatic heterocycles. The predicted molar refractivity (Wildman–Crippen MR) is 93.2 cm³/mol. The molecule has 1 atom stereocenters. The van der Waals surface area contributed by atoms with Gasteiger partial charge in [0.1, 0.15) is 0 Å². The van der Waals surface area contributed by atoms with Crippen molar-refractivity contribution in [2.24, 2.45) is 0 Å². The van der Waals surface area contributed by atoms with Gasteiger partial charge in [-0.25, -0.2) is 4.79 Å². The Morgan fingerprint density at radius 1 is 1.07 bits per heavy atom. The molecule has 0 aromatic heterocycles. The molecule has 1 fully saturated rings. The topological polar surface area (TPSA) is 78.5 Å². The van der Waals surface area contributed by atoms with Crippen LogP contribution in [0, 0.1) is 0 Å². The number of carbonyl (C=O) groups is 3. The highest BCUT2D eigenvalue weighted by atomic mass is 35.5. The molecule has 10 heteroatoms. The first kappa shape index (κ1) is 19.7. The standard InChI is InChI=1S/C18H13ClF3N3O3/c19-13-9-5-4-8-12(13)14(26)23-17(18(20,21)22)15(27)25(16(28)24-17)10-11-6-2-1-3-7-11/h1-9H,10H2,(H,23,26)(H,24,28). The summed E-state index contributed by atoms with van der Waals surface area (Å²) < 4.78 is 41.5. The first-order valence-corrected chi connectivity index (χ1v) is 8.35. The lowest BCUT2D eigenvalue weighted by molar-refractivity contribution is -0.200. The van der Waals surface area contributed by atoms with Crippen LogP contribution in [0.3, 0.4) is 0 Å². The average Bonchev–Trinajstić information content (AvgIpc) is 2.88. The largest absolute Gasteiger partial charge is 0.440 e. The van der Waals surface area contributed by atoms with Gasteiger partial charge in [0, 0.05) is 0 Å². The highest BCUT2D eigenvalue weighted by molar-refractivity contribution is 6.34. The number of imide groups is 1. The SMILES string of the molecule is O=C(NC1(C(F)(F)F)NC(=O)N(Cc2ccccc2)C1=O)c1ccccc1Cl. The van der Waals surface area contributed by atoms with Crippen LogP contribution in [0.4, 0.5) is 18.0 Å². The van der Waals surface area contributed by atoms with E-state index in [1.54, 1.807) is 41.0 Å². The van der Waals surface area contributed by atoms with Crippen LogP contribution < -0.4 is 10.6 Å². The van der Waals surface area contributed by atoms with Crippen LogP contribution in [0.2, 0.25) is 5.02 Å². The Morgan fingerprint density at radius 2 is 1.68 bits per heavy atom. The highest BCUT2D eigenvalue weighted by Crippen LogP contribution is 2.35. The number of hydrogen-bond acceptors (Lipinski definition) is 3. The molecular weight excluding hydrogens is 399 g/mol. The van der Waals surface area contributed by atoms with Crippen molar-refractivity contribution in [3.63, 3.8) is 0 Å². The third-order valence-corrected chi connectivity index (χ3v) is 4.46. The van der Waals surface area contributed by atoms with Crippen LogP contribution in [-0.4, -0.2) is 34.6 Å². The second kappa shape index (κ2) is 7.16. The van der Waals surface area contributed by atoms with E-state index < -0.39 is 29.7 Å². The summed E-state index contributed by atoms with van der Waals surface area (Å²) in [5, 5.41) is 3.10. The molecule has 0 aliphatic carbocycles. The smallest absolute Gasteiger partial charge is 0.314 e. The Morgan fingerprint density at radius 3 is 2.29 bits per heavy atom. The minimum Gasteiger partial charge on any atom is -0.314 e. The molecular formula is C18H13ClF3N3O3. The Labute approximate surface area is 162 Å². The number of urea groups is 1. The molecule has 0 saturated carbocycles. The van der Waals surface area contributed by atoms with E-state index in [4.69, 9.17) is 11.6 Å². The second-order valence-corrected chi connectivity index (χ2v) is 6.40. The van der Waals surface area contributed by atoms with Crippen LogP contribution in [0.5, 0.6) is 0 Å². The van der Waals surface area contributed by atoms with Crippen molar-refractivity contribution >= 4 is 29.4 Å². The van der Waals surface area contributed by atoms with Crippen LogP contribution in [0.1, 0.15) is 15.9 Å². The third-order valence-electron chi connectivity index (χ3n) is 4.13. The number of benzene rings is 2. The van der Waals surface area contributed by atoms with Crippen LogP contribution in [-0.2, 0) is 11.3 Å². The summed E-state index contributed by atoms with van der Waals surface area (Å²) in [6.45, 7) is -0.384. The van der Waals surface area contributed by atoms with Crippen LogP contribution in [0.25, 0.3) is 0 Å². The molecule has 2 aromatic rings. The summed E-state index contributed by atoms with van der Waals surface area (Å²) in [5.41, 5.74) is -3.41. The summed E-state index contributed by atoms with van der Waals surface area (Å²) in [6.07, 6.45) is -5.29. The molecule has 146 valence electrons. The fourth-order valence-electron chi connectivity index (χ4n) is 2.72. The molecule has 3 rings (SSSR count). The molecule has 4 amide bonds. The minimum absolute atomic E-state index is 0.102. The molecule has 1 unspecified atom stereocenters. The predicted octanol–water partition coefficient (Wildman–Crippen LogP) is 3.08. The van der Waals surface area contributed by atoms with Gasteiger partial charge in [-0.1, -0.05) is 54.1 Å². The number of halogens is 4. The van der Waals surface area contributed by atoms with Gasteiger partial charge in [0.25, 0.3) is 17.5 Å². The Bertz CT molecular complexity index is 936. The summed E-state index contributed by atoms with van der Waals surface area (Å²) >= 11 is 5.84. The van der Waals surface area contributed by atoms with Crippen LogP contribution in [0.15, 0.2) is 54.6 Å². The van der Waals surface area contributed by atoms with Gasteiger partial charge in [0.15, 0.2) is 0 Å². The molecule has 1 heterocycles. The van der Waals surface area contributed by atoms with Crippen molar-refractivity contribution < 1.29 is 27.6 Å². The van der Waals surface area contributed by atoms with Crippen molar-refractivity contribution in [1.82, 2.24) is 15.5 Å². The van der Waals surface area contributed by atoms with Gasteiger partial charge in [-0.05, 0) is 17.7 Å². The number of alkyl halides is 3. The van der Waals surface area contributed by atoms with E-state index >= 15 is 0 Å². The molecule has 0 spiro atoms. The second-order valence-electron chi connectivity index (χ2n) is 5.99. The number of hydrogen-bond donors (Lipinski definition) is 2. The van der Waals surface area contributed by atoms with Crippen molar-refractivity contribution in [1.29, 1.82) is 0 Å². The number of nitrogens with one attached hydrogen (secondary N) is 2. The fraction of sp³-hybridized carbons (Fsp3) is 0.167. The first-order valence-electron chi connectivity index (χ1n) is 7.97. The normalized spacial score (nSPS) is 19.5. The van der Waals surface area contributed by atoms with Crippen molar-refractivity contribution in [2.75, 3.05) is 0 Å². The van der Waals surface area contributed by atoms with Crippen molar-refractivity contribution in [2.45, 2.75) is 18.4 Å². The van der Waals surface area contributed by atoms with Gasteiger partial charge in [-0.3, -0.25) is 19.8 Å². The number of rotatable bonds is 4. The van der Waals surface area contributed by atoms with E-state index in [0.717, 1.165) is 0 Å². The van der Waals surface area contributed by atoms with Gasteiger partial charge in [-0.15, -0.1) is 0 Å². The van der Waals surface area contributed by atoms with Crippen molar-refractivity contribution in [3.05, 3.63) is 70.7 Å². The minimum atomic E-state index is -5.29. The van der Waals surface area contributed by atoms with Crippen molar-refractivity contribution in [3.8, 4) is 0 Å². The quantitative estimate of drug-likeness (QED) is 0.759. The van der Waals surface area contributed by atoms with Crippen LogP contribution >= 0.6 is 11.6 Å². The molecule has 28 heavy (non-hydrogen) atoms. The van der Waals surface area contributed by atoms with Gasteiger partial charge in [-0.2, -0.15) is 13.2 Å². The molecule has 6 nitrogen and oxygen atoms in total. The fourth-order valence-corrected chi connectivity index (χ4v) is 2.94. The lowest BCUT2D eigenvalue weighted by atomic mass is 10.1. The van der Waals surface area contributed by atoms with Gasteiger partial charge in [0.2, 0.25) is 0 Å². The van der Waals surface area contributed by atoms with E-state index in [2.05, 4.69) is 0 Å². The summed E-state index contributed by atoms with van der Waals surface area (Å²) in [7, 11) is 0. The lowest BCUT2D eigenvalue weighted by Gasteiger charge is -2.30. The lowest BCUT2D eigenvalue weighted by Crippen LogP contribution is -2.69. The molecule has 2 aromatic carbocycles. The number of carbonyl (C=O) groups excluding carboxylic acids is 3. The number of nitrogens with zero attached hydrogens (tertiary/aromatic N) is 1. The van der Waals surface area contributed by atoms with E-state index in [-0.39, 0.29) is 17.1 Å². The third kappa shape index (κ3) is 3.40. The maximum absolute atomic E-state index is 13.8. The molecule has 1 saturated heterocycles. The van der Waals surface area contributed by atoms with E-state index in [0.29, 0.717) is 10.5 Å². The van der Waals surface area contributed by atoms with E-state index in [1.165, 1.54) is 24.3 Å². The zero-order valence-corrected chi connectivity index (χ0v) is 14.8. The van der Waals surface area contributed by atoms with E-state index in [1.807, 2.05) is 0 Å². The molecule has 0 bridgehead atoms. The Kier molecular flexibility index (Phi) is 5.03. The monoisotopic (exact) mass is 411 g/mol. The van der Waals surface area contributed by atoms with E-state index in [9.17, 15) is 27.6 Å². The summed E-state index contributed by atoms with van der Waals surface area (Å²) in [5.74, 6) is -2.88. The molecule has 2 N–H and O–H groups in total. The Balaban J connectivity index is 1.94. The highest BCUT2D eigenvalue weighted by Gasteiger charge is 2.68. The molecule has 1 aliphatic rings. The zero-order chi connectivity index (χ0) is 20.5. The van der Waals surface area contributed by atoms with Gasteiger partial charge in [0.05, 0.1) is 17.1 Å². The summed E-state index contributed by atoms with van der Waals surface area (Å²) in [4.78, 5) is 37.5.